The highest BCUT2D eigenvalue weighted by atomic mass is 79.9. The SMILES string of the molecule is C[C@H](NC(=O)c1nn2c(C(F)(F)F)cc(-c3ccccc3)nc2c1Br)c1ccccc1. The van der Waals surface area contributed by atoms with Crippen LogP contribution >= 0.6 is 15.9 Å². The molecular formula is C22H16BrF3N4O. The predicted molar refractivity (Wildman–Crippen MR) is 113 cm³/mol. The van der Waals surface area contributed by atoms with Gasteiger partial charge < -0.3 is 5.32 Å². The van der Waals surface area contributed by atoms with Gasteiger partial charge in [0.25, 0.3) is 5.91 Å². The van der Waals surface area contributed by atoms with Crippen LogP contribution in [-0.4, -0.2) is 20.5 Å². The molecule has 0 radical (unpaired) electrons. The highest BCUT2D eigenvalue weighted by molar-refractivity contribution is 9.10. The molecule has 0 aliphatic carbocycles. The zero-order valence-electron chi connectivity index (χ0n) is 16.2. The van der Waals surface area contributed by atoms with Crippen LogP contribution in [0.3, 0.4) is 0 Å². The van der Waals surface area contributed by atoms with Crippen molar-refractivity contribution in [3.05, 3.63) is 88.2 Å². The third-order valence-electron chi connectivity index (χ3n) is 4.76. The van der Waals surface area contributed by atoms with E-state index in [0.717, 1.165) is 11.6 Å². The number of rotatable bonds is 4. The summed E-state index contributed by atoms with van der Waals surface area (Å²) in [5.41, 5.74) is 0.221. The van der Waals surface area contributed by atoms with E-state index in [1.54, 1.807) is 37.3 Å². The molecule has 4 rings (SSSR count). The summed E-state index contributed by atoms with van der Waals surface area (Å²) in [6, 6.07) is 18.3. The molecule has 4 aromatic rings. The maximum absolute atomic E-state index is 13.8. The van der Waals surface area contributed by atoms with Gasteiger partial charge in [0.05, 0.1) is 16.2 Å². The van der Waals surface area contributed by atoms with E-state index >= 15 is 0 Å². The lowest BCUT2D eigenvalue weighted by Gasteiger charge is -2.13. The Balaban J connectivity index is 1.79. The molecule has 1 amide bonds. The lowest BCUT2D eigenvalue weighted by molar-refractivity contribution is -0.142. The number of aromatic nitrogens is 3. The summed E-state index contributed by atoms with van der Waals surface area (Å²) in [6.45, 7) is 1.78. The van der Waals surface area contributed by atoms with Crippen LogP contribution in [0.2, 0.25) is 0 Å². The third-order valence-corrected chi connectivity index (χ3v) is 5.49. The van der Waals surface area contributed by atoms with Crippen LogP contribution in [0.15, 0.2) is 71.2 Å². The number of fused-ring (bicyclic) bond motifs is 1. The van der Waals surface area contributed by atoms with Gasteiger partial charge in [-0.15, -0.1) is 0 Å². The molecule has 0 bridgehead atoms. The Labute approximate surface area is 184 Å². The molecule has 1 atom stereocenters. The Morgan fingerprint density at radius 3 is 2.29 bits per heavy atom. The average Bonchev–Trinajstić information content (AvgIpc) is 3.10. The molecule has 0 unspecified atom stereocenters. The zero-order chi connectivity index (χ0) is 22.2. The van der Waals surface area contributed by atoms with Crippen molar-refractivity contribution in [1.82, 2.24) is 19.9 Å². The van der Waals surface area contributed by atoms with E-state index in [0.29, 0.717) is 10.1 Å². The molecule has 2 heterocycles. The normalized spacial score (nSPS) is 12.7. The molecule has 9 heteroatoms. The summed E-state index contributed by atoms with van der Waals surface area (Å²) in [6.07, 6.45) is -4.69. The topological polar surface area (TPSA) is 59.3 Å². The highest BCUT2D eigenvalue weighted by Crippen LogP contribution is 2.34. The van der Waals surface area contributed by atoms with Crippen LogP contribution in [0, 0.1) is 0 Å². The Morgan fingerprint density at radius 2 is 1.68 bits per heavy atom. The fourth-order valence-corrected chi connectivity index (χ4v) is 3.70. The van der Waals surface area contributed by atoms with Crippen molar-refractivity contribution in [3.63, 3.8) is 0 Å². The maximum Gasteiger partial charge on any atom is 0.433 e. The maximum atomic E-state index is 13.8. The van der Waals surface area contributed by atoms with Gasteiger partial charge in [-0.3, -0.25) is 4.79 Å². The first kappa shape index (κ1) is 21.0. The van der Waals surface area contributed by atoms with E-state index in [9.17, 15) is 18.0 Å². The molecule has 1 N–H and O–H groups in total. The van der Waals surface area contributed by atoms with Gasteiger partial charge in [0.15, 0.2) is 17.0 Å². The van der Waals surface area contributed by atoms with Gasteiger partial charge in [-0.1, -0.05) is 60.7 Å². The fourth-order valence-electron chi connectivity index (χ4n) is 3.19. The molecule has 0 aliphatic heterocycles. The van der Waals surface area contributed by atoms with Gasteiger partial charge in [0, 0.05) is 5.56 Å². The number of halogens is 4. The second-order valence-electron chi connectivity index (χ2n) is 6.89. The number of amides is 1. The number of carbonyl (C=O) groups excluding carboxylic acids is 1. The molecule has 0 saturated carbocycles. The summed E-state index contributed by atoms with van der Waals surface area (Å²) in [5.74, 6) is -0.608. The molecule has 0 spiro atoms. The molecule has 2 aromatic carbocycles. The second-order valence-corrected chi connectivity index (χ2v) is 7.69. The van der Waals surface area contributed by atoms with Gasteiger partial charge in [0.1, 0.15) is 0 Å². The van der Waals surface area contributed by atoms with Crippen molar-refractivity contribution in [2.45, 2.75) is 19.1 Å². The van der Waals surface area contributed by atoms with Crippen molar-refractivity contribution < 1.29 is 18.0 Å². The lowest BCUT2D eigenvalue weighted by atomic mass is 10.1. The second kappa shape index (κ2) is 8.14. The molecule has 0 aliphatic rings. The van der Waals surface area contributed by atoms with Gasteiger partial charge in [-0.05, 0) is 34.5 Å². The fraction of sp³-hybridized carbons (Fsp3) is 0.136. The van der Waals surface area contributed by atoms with Crippen LogP contribution in [0.5, 0.6) is 0 Å². The number of benzene rings is 2. The Bertz CT molecular complexity index is 1240. The minimum atomic E-state index is -4.69. The summed E-state index contributed by atoms with van der Waals surface area (Å²) in [5, 5.41) is 6.70. The van der Waals surface area contributed by atoms with Gasteiger partial charge in [-0.2, -0.15) is 18.3 Å². The van der Waals surface area contributed by atoms with E-state index in [-0.39, 0.29) is 27.5 Å². The molecular weight excluding hydrogens is 473 g/mol. The number of carbonyl (C=O) groups is 1. The summed E-state index contributed by atoms with van der Waals surface area (Å²) >= 11 is 3.23. The number of hydrogen-bond donors (Lipinski definition) is 1. The summed E-state index contributed by atoms with van der Waals surface area (Å²) in [7, 11) is 0. The van der Waals surface area contributed by atoms with Crippen molar-refractivity contribution in [2.24, 2.45) is 0 Å². The number of hydrogen-bond acceptors (Lipinski definition) is 3. The molecule has 158 valence electrons. The molecule has 5 nitrogen and oxygen atoms in total. The van der Waals surface area contributed by atoms with E-state index in [1.807, 2.05) is 30.3 Å². The number of alkyl halides is 3. The summed E-state index contributed by atoms with van der Waals surface area (Å²) in [4.78, 5) is 17.1. The van der Waals surface area contributed by atoms with Crippen LogP contribution < -0.4 is 5.32 Å². The number of nitrogens with one attached hydrogen (secondary N) is 1. The lowest BCUT2D eigenvalue weighted by Crippen LogP contribution is -2.27. The van der Waals surface area contributed by atoms with Crippen LogP contribution in [0.1, 0.15) is 34.7 Å². The van der Waals surface area contributed by atoms with Gasteiger partial charge >= 0.3 is 6.18 Å². The Kier molecular flexibility index (Phi) is 5.53. The molecule has 0 saturated heterocycles. The minimum absolute atomic E-state index is 0.0912. The van der Waals surface area contributed by atoms with E-state index < -0.39 is 17.8 Å². The van der Waals surface area contributed by atoms with Crippen molar-refractivity contribution in [2.75, 3.05) is 0 Å². The molecule has 2 aromatic heterocycles. The number of nitrogens with zero attached hydrogens (tertiary/aromatic N) is 3. The Morgan fingerprint density at radius 1 is 1.06 bits per heavy atom. The first-order chi connectivity index (χ1) is 14.8. The highest BCUT2D eigenvalue weighted by Gasteiger charge is 2.36. The first-order valence-electron chi connectivity index (χ1n) is 9.33. The van der Waals surface area contributed by atoms with Gasteiger partial charge in [-0.25, -0.2) is 9.50 Å². The van der Waals surface area contributed by atoms with Crippen LogP contribution in [-0.2, 0) is 6.18 Å². The van der Waals surface area contributed by atoms with Crippen molar-refractivity contribution in [1.29, 1.82) is 0 Å². The zero-order valence-corrected chi connectivity index (χ0v) is 17.8. The third kappa shape index (κ3) is 4.18. The van der Waals surface area contributed by atoms with Crippen molar-refractivity contribution >= 4 is 27.5 Å². The van der Waals surface area contributed by atoms with E-state index in [4.69, 9.17) is 0 Å². The average molecular weight is 489 g/mol. The standard InChI is InChI=1S/C22H16BrF3N4O/c1-13(14-8-4-2-5-9-14)27-21(31)19-18(23)20-28-16(15-10-6-3-7-11-15)12-17(22(24,25)26)30(20)29-19/h2-13H,1H3,(H,27,31)/t13-/m0/s1. The van der Waals surface area contributed by atoms with Crippen molar-refractivity contribution in [3.8, 4) is 11.3 Å². The monoisotopic (exact) mass is 488 g/mol. The minimum Gasteiger partial charge on any atom is -0.344 e. The smallest absolute Gasteiger partial charge is 0.344 e. The molecule has 31 heavy (non-hydrogen) atoms. The van der Waals surface area contributed by atoms with Crippen LogP contribution in [0.4, 0.5) is 13.2 Å². The van der Waals surface area contributed by atoms with E-state index in [1.165, 1.54) is 0 Å². The predicted octanol–water partition coefficient (Wildman–Crippen LogP) is 5.67. The largest absolute Gasteiger partial charge is 0.433 e. The summed E-state index contributed by atoms with van der Waals surface area (Å²) < 4.78 is 42.1. The van der Waals surface area contributed by atoms with E-state index in [2.05, 4.69) is 31.3 Å². The molecule has 0 fully saturated rings. The quantitative estimate of drug-likeness (QED) is 0.402. The van der Waals surface area contributed by atoms with Crippen LogP contribution in [0.25, 0.3) is 16.9 Å². The first-order valence-corrected chi connectivity index (χ1v) is 10.1. The van der Waals surface area contributed by atoms with Gasteiger partial charge in [0.2, 0.25) is 0 Å². The Hall–Kier alpha value is -3.20.